The van der Waals surface area contributed by atoms with Crippen molar-refractivity contribution >= 4 is 0 Å². The maximum Gasteiger partial charge on any atom is 0.238 e. The molecule has 0 radical (unpaired) electrons. The molecule has 1 N–H and O–H groups in total. The molecule has 0 saturated carbocycles. The van der Waals surface area contributed by atoms with Crippen molar-refractivity contribution in [3.63, 3.8) is 0 Å². The number of halogens is 1. The van der Waals surface area contributed by atoms with Crippen LogP contribution in [-0.4, -0.2) is 37.8 Å². The van der Waals surface area contributed by atoms with Gasteiger partial charge in [-0.2, -0.15) is 4.39 Å². The Morgan fingerprint density at radius 1 is 1.33 bits per heavy atom. The molecular formula is C17H15FN4O2. The first-order valence-electron chi connectivity index (χ1n) is 7.61. The number of hydrogen-bond donors (Lipinski definition) is 1. The summed E-state index contributed by atoms with van der Waals surface area (Å²) in [7, 11) is 0. The van der Waals surface area contributed by atoms with Crippen molar-refractivity contribution in [3.8, 4) is 22.7 Å². The van der Waals surface area contributed by atoms with Gasteiger partial charge in [0.1, 0.15) is 23.7 Å². The van der Waals surface area contributed by atoms with E-state index in [4.69, 9.17) is 4.74 Å². The van der Waals surface area contributed by atoms with Crippen LogP contribution in [0.5, 0.6) is 5.75 Å². The van der Waals surface area contributed by atoms with Gasteiger partial charge in [0.05, 0.1) is 11.8 Å². The Morgan fingerprint density at radius 2 is 2.21 bits per heavy atom. The van der Waals surface area contributed by atoms with E-state index in [1.54, 1.807) is 12.1 Å². The number of aliphatic hydroxyl groups is 1. The lowest BCUT2D eigenvalue weighted by Crippen LogP contribution is -2.25. The van der Waals surface area contributed by atoms with Crippen molar-refractivity contribution in [2.75, 3.05) is 6.61 Å². The summed E-state index contributed by atoms with van der Waals surface area (Å²) in [5.74, 6) is 0.173. The molecule has 0 saturated heterocycles. The highest BCUT2D eigenvalue weighted by atomic mass is 19.1. The van der Waals surface area contributed by atoms with E-state index in [1.807, 2.05) is 25.1 Å². The van der Waals surface area contributed by atoms with Gasteiger partial charge in [0.25, 0.3) is 0 Å². The van der Waals surface area contributed by atoms with Gasteiger partial charge in [-0.15, -0.1) is 5.10 Å². The fraction of sp³-hybridized carbons (Fsp3) is 0.235. The van der Waals surface area contributed by atoms with Crippen LogP contribution in [-0.2, 0) is 6.42 Å². The minimum absolute atomic E-state index is 0.255. The lowest BCUT2D eigenvalue weighted by molar-refractivity contribution is 0.0921. The highest BCUT2D eigenvalue weighted by molar-refractivity contribution is 5.64. The molecule has 0 spiro atoms. The van der Waals surface area contributed by atoms with Gasteiger partial charge in [-0.05, 0) is 42.8 Å². The molecule has 4 rings (SSSR count). The van der Waals surface area contributed by atoms with Crippen molar-refractivity contribution in [2.45, 2.75) is 19.4 Å². The van der Waals surface area contributed by atoms with Crippen LogP contribution in [0, 0.1) is 12.9 Å². The molecule has 7 heteroatoms. The quantitative estimate of drug-likeness (QED) is 0.730. The number of benzene rings is 1. The third-order valence-electron chi connectivity index (χ3n) is 4.08. The third-order valence-corrected chi connectivity index (χ3v) is 4.08. The zero-order chi connectivity index (χ0) is 16.7. The Kier molecular flexibility index (Phi) is 3.50. The number of ether oxygens (including phenoxy) is 1. The Hall–Kier alpha value is -2.80. The molecule has 3 heterocycles. The summed E-state index contributed by atoms with van der Waals surface area (Å²) in [5.41, 5.74) is 3.39. The van der Waals surface area contributed by atoms with Crippen molar-refractivity contribution < 1.29 is 14.2 Å². The monoisotopic (exact) mass is 326 g/mol. The first-order chi connectivity index (χ1) is 11.6. The van der Waals surface area contributed by atoms with E-state index in [9.17, 15) is 9.50 Å². The molecule has 1 aliphatic rings. The molecule has 1 atom stereocenters. The number of rotatable bonds is 2. The number of hydrogen-bond acceptors (Lipinski definition) is 5. The Balaban J connectivity index is 1.76. The average Bonchev–Trinajstić information content (AvgIpc) is 2.96. The van der Waals surface area contributed by atoms with Crippen LogP contribution in [0.2, 0.25) is 0 Å². The van der Waals surface area contributed by atoms with Gasteiger partial charge in [0.2, 0.25) is 5.95 Å². The van der Waals surface area contributed by atoms with Crippen LogP contribution >= 0.6 is 0 Å². The molecule has 1 aromatic carbocycles. The summed E-state index contributed by atoms with van der Waals surface area (Å²) in [5, 5.41) is 18.0. The van der Waals surface area contributed by atoms with Gasteiger partial charge >= 0.3 is 0 Å². The second-order valence-corrected chi connectivity index (χ2v) is 5.74. The van der Waals surface area contributed by atoms with Crippen LogP contribution in [0.3, 0.4) is 0 Å². The van der Waals surface area contributed by atoms with Crippen LogP contribution < -0.4 is 4.74 Å². The minimum Gasteiger partial charge on any atom is -0.491 e. The lowest BCUT2D eigenvalue weighted by Gasteiger charge is -2.22. The van der Waals surface area contributed by atoms with Crippen LogP contribution in [0.1, 0.15) is 11.3 Å². The van der Waals surface area contributed by atoms with E-state index in [1.165, 1.54) is 10.9 Å². The van der Waals surface area contributed by atoms with E-state index in [0.29, 0.717) is 24.4 Å². The number of nitrogens with zero attached hydrogens (tertiary/aromatic N) is 4. The van der Waals surface area contributed by atoms with Gasteiger partial charge in [0.15, 0.2) is 0 Å². The smallest absolute Gasteiger partial charge is 0.238 e. The SMILES string of the molecule is Cc1c(-c2ccc3c(c2)CC(O)CO3)nnn1-c1cccnc1F. The predicted molar refractivity (Wildman–Crippen MR) is 84.5 cm³/mol. The number of aliphatic hydroxyl groups excluding tert-OH is 1. The minimum atomic E-state index is -0.598. The molecule has 1 unspecified atom stereocenters. The topological polar surface area (TPSA) is 73.1 Å². The molecule has 122 valence electrons. The Bertz CT molecular complexity index is 909. The second kappa shape index (κ2) is 5.68. The number of aromatic nitrogens is 4. The summed E-state index contributed by atoms with van der Waals surface area (Å²) >= 11 is 0. The summed E-state index contributed by atoms with van der Waals surface area (Å²) in [4.78, 5) is 3.65. The highest BCUT2D eigenvalue weighted by Gasteiger charge is 2.20. The van der Waals surface area contributed by atoms with Crippen LogP contribution in [0.4, 0.5) is 4.39 Å². The van der Waals surface area contributed by atoms with Crippen molar-refractivity contribution in [1.29, 1.82) is 0 Å². The van der Waals surface area contributed by atoms with E-state index in [0.717, 1.165) is 16.9 Å². The molecule has 0 bridgehead atoms. The number of pyridine rings is 1. The predicted octanol–water partition coefficient (Wildman–Crippen LogP) is 2.07. The maximum absolute atomic E-state index is 13.9. The summed E-state index contributed by atoms with van der Waals surface area (Å²) in [6, 6.07) is 8.93. The normalized spacial score (nSPS) is 16.5. The second-order valence-electron chi connectivity index (χ2n) is 5.74. The van der Waals surface area contributed by atoms with Gasteiger partial charge in [-0.25, -0.2) is 9.67 Å². The lowest BCUT2D eigenvalue weighted by atomic mass is 10.00. The highest BCUT2D eigenvalue weighted by Crippen LogP contribution is 2.31. The first-order valence-corrected chi connectivity index (χ1v) is 7.61. The van der Waals surface area contributed by atoms with Gasteiger partial charge in [-0.1, -0.05) is 5.21 Å². The molecule has 1 aliphatic heterocycles. The zero-order valence-corrected chi connectivity index (χ0v) is 13.0. The Morgan fingerprint density at radius 3 is 3.04 bits per heavy atom. The average molecular weight is 326 g/mol. The van der Waals surface area contributed by atoms with Gasteiger partial charge in [-0.3, -0.25) is 0 Å². The van der Waals surface area contributed by atoms with Gasteiger partial charge in [0, 0.05) is 18.2 Å². The van der Waals surface area contributed by atoms with E-state index >= 15 is 0 Å². The molecule has 2 aromatic heterocycles. The molecule has 6 nitrogen and oxygen atoms in total. The molecular weight excluding hydrogens is 311 g/mol. The molecule has 24 heavy (non-hydrogen) atoms. The summed E-state index contributed by atoms with van der Waals surface area (Å²) < 4.78 is 20.8. The number of fused-ring (bicyclic) bond motifs is 1. The molecule has 3 aromatic rings. The molecule has 0 aliphatic carbocycles. The van der Waals surface area contributed by atoms with Crippen LogP contribution in [0.25, 0.3) is 16.9 Å². The summed E-state index contributed by atoms with van der Waals surface area (Å²) in [6.07, 6.45) is 1.42. The van der Waals surface area contributed by atoms with Crippen LogP contribution in [0.15, 0.2) is 36.5 Å². The third kappa shape index (κ3) is 2.43. The van der Waals surface area contributed by atoms with E-state index in [2.05, 4.69) is 15.3 Å². The summed E-state index contributed by atoms with van der Waals surface area (Å²) in [6.45, 7) is 2.13. The van der Waals surface area contributed by atoms with Crippen molar-refractivity contribution in [2.24, 2.45) is 0 Å². The van der Waals surface area contributed by atoms with Gasteiger partial charge < -0.3 is 9.84 Å². The fourth-order valence-electron chi connectivity index (χ4n) is 2.89. The molecule has 0 fully saturated rings. The van der Waals surface area contributed by atoms with Crippen molar-refractivity contribution in [1.82, 2.24) is 20.0 Å². The maximum atomic E-state index is 13.9. The first kappa shape index (κ1) is 14.8. The Labute approximate surface area is 137 Å². The van der Waals surface area contributed by atoms with E-state index in [-0.39, 0.29) is 5.69 Å². The van der Waals surface area contributed by atoms with Crippen molar-refractivity contribution in [3.05, 3.63) is 53.7 Å². The zero-order valence-electron chi connectivity index (χ0n) is 13.0. The van der Waals surface area contributed by atoms with E-state index < -0.39 is 12.1 Å². The standard InChI is InChI=1S/C17H15FN4O2/c1-10-16(20-21-22(10)14-3-2-6-19-17(14)18)11-4-5-15-12(7-11)8-13(23)9-24-15/h2-7,13,23H,8-9H2,1H3. The molecule has 0 amide bonds. The fourth-order valence-corrected chi connectivity index (χ4v) is 2.89. The largest absolute Gasteiger partial charge is 0.491 e.